The monoisotopic (exact) mass is 428 g/mol. The molecule has 0 bridgehead atoms. The topological polar surface area (TPSA) is 73.0 Å². The predicted octanol–water partition coefficient (Wildman–Crippen LogP) is 5.89. The lowest BCUT2D eigenvalue weighted by Crippen LogP contribution is -2.10. The van der Waals surface area contributed by atoms with Gasteiger partial charge in [-0.1, -0.05) is 41.9 Å². The number of hydrogen-bond donors (Lipinski definition) is 1. The van der Waals surface area contributed by atoms with Crippen molar-refractivity contribution in [3.8, 4) is 17.0 Å². The number of aromatic nitrogens is 3. The molecule has 0 saturated heterocycles. The van der Waals surface area contributed by atoms with Crippen LogP contribution in [0.5, 0.6) is 0 Å². The highest BCUT2D eigenvalue weighted by Crippen LogP contribution is 2.27. The van der Waals surface area contributed by atoms with Crippen molar-refractivity contribution >= 4 is 34.2 Å². The first-order valence-electron chi connectivity index (χ1n) is 9.67. The van der Waals surface area contributed by atoms with Crippen LogP contribution >= 0.6 is 11.6 Å². The molecule has 1 amide bonds. The smallest absolute Gasteiger partial charge is 0.291 e. The molecule has 5 rings (SSSR count). The number of hydrogen-bond acceptors (Lipinski definition) is 4. The van der Waals surface area contributed by atoms with Gasteiger partial charge < -0.3 is 9.73 Å². The van der Waals surface area contributed by atoms with Crippen LogP contribution in [-0.2, 0) is 0 Å². The van der Waals surface area contributed by atoms with E-state index in [2.05, 4.69) is 15.5 Å². The maximum atomic E-state index is 12.7. The quantitative estimate of drug-likeness (QED) is 0.387. The molecular weight excluding hydrogens is 412 g/mol. The number of nitrogens with one attached hydrogen (secondary N) is 1. The molecule has 152 valence electrons. The Bertz CT molecular complexity index is 1410. The summed E-state index contributed by atoms with van der Waals surface area (Å²) in [5.41, 5.74) is 4.68. The van der Waals surface area contributed by atoms with Gasteiger partial charge in [-0.15, -0.1) is 10.2 Å². The lowest BCUT2D eigenvalue weighted by Gasteiger charge is -2.03. The zero-order valence-corrected chi connectivity index (χ0v) is 17.3. The fraction of sp³-hybridized carbons (Fsp3) is 0.0417. The number of anilines is 1. The van der Waals surface area contributed by atoms with E-state index in [1.165, 1.54) is 0 Å². The average molecular weight is 429 g/mol. The fourth-order valence-corrected chi connectivity index (χ4v) is 3.40. The summed E-state index contributed by atoms with van der Waals surface area (Å²) in [6.07, 6.45) is 0. The van der Waals surface area contributed by atoms with Crippen molar-refractivity contribution in [1.29, 1.82) is 0 Å². The van der Waals surface area contributed by atoms with E-state index < -0.39 is 0 Å². The second kappa shape index (κ2) is 7.74. The second-order valence-corrected chi connectivity index (χ2v) is 7.52. The summed E-state index contributed by atoms with van der Waals surface area (Å²) in [6, 6.07) is 24.1. The number of amides is 1. The lowest BCUT2D eigenvalue weighted by molar-refractivity contribution is 0.0997. The van der Waals surface area contributed by atoms with E-state index in [4.69, 9.17) is 16.0 Å². The van der Waals surface area contributed by atoms with Gasteiger partial charge in [0, 0.05) is 16.3 Å². The van der Waals surface area contributed by atoms with Crippen molar-refractivity contribution in [3.63, 3.8) is 0 Å². The number of furan rings is 1. The maximum Gasteiger partial charge on any atom is 0.291 e. The summed E-state index contributed by atoms with van der Waals surface area (Å²) in [6.45, 7) is 1.93. The molecule has 0 aliphatic carbocycles. The van der Waals surface area contributed by atoms with Crippen LogP contribution in [0.3, 0.4) is 0 Å². The summed E-state index contributed by atoms with van der Waals surface area (Å²) < 4.78 is 5.75. The SMILES string of the molecule is Cc1ccc(-c2ccc(C(=O)Nc3ccc4nn(-c5ccccc5)nc4c3)o2)cc1Cl. The van der Waals surface area contributed by atoms with Gasteiger partial charge >= 0.3 is 0 Å². The van der Waals surface area contributed by atoms with Gasteiger partial charge in [-0.25, -0.2) is 0 Å². The van der Waals surface area contributed by atoms with Crippen LogP contribution in [0.4, 0.5) is 5.69 Å². The van der Waals surface area contributed by atoms with Gasteiger partial charge in [0.15, 0.2) is 5.76 Å². The van der Waals surface area contributed by atoms with Crippen LogP contribution in [0.2, 0.25) is 5.02 Å². The highest BCUT2D eigenvalue weighted by Gasteiger charge is 2.14. The highest BCUT2D eigenvalue weighted by molar-refractivity contribution is 6.31. The molecule has 7 heteroatoms. The van der Waals surface area contributed by atoms with Crippen LogP contribution in [0, 0.1) is 6.92 Å². The number of fused-ring (bicyclic) bond motifs is 1. The molecule has 0 aliphatic heterocycles. The molecule has 2 aromatic heterocycles. The summed E-state index contributed by atoms with van der Waals surface area (Å²) in [4.78, 5) is 14.2. The Morgan fingerprint density at radius 1 is 0.935 bits per heavy atom. The van der Waals surface area contributed by atoms with Gasteiger partial charge in [-0.2, -0.15) is 4.80 Å². The zero-order chi connectivity index (χ0) is 21.4. The highest BCUT2D eigenvalue weighted by atomic mass is 35.5. The van der Waals surface area contributed by atoms with Crippen molar-refractivity contribution in [3.05, 3.63) is 95.2 Å². The second-order valence-electron chi connectivity index (χ2n) is 7.11. The first-order valence-corrected chi connectivity index (χ1v) is 10.0. The van der Waals surface area contributed by atoms with E-state index in [1.54, 1.807) is 29.1 Å². The van der Waals surface area contributed by atoms with Gasteiger partial charge in [-0.05, 0) is 61.0 Å². The van der Waals surface area contributed by atoms with Gasteiger partial charge in [0.25, 0.3) is 5.91 Å². The predicted molar refractivity (Wildman–Crippen MR) is 121 cm³/mol. The largest absolute Gasteiger partial charge is 0.451 e. The third kappa shape index (κ3) is 3.81. The summed E-state index contributed by atoms with van der Waals surface area (Å²) in [7, 11) is 0. The molecule has 0 aliphatic rings. The molecular formula is C24H17ClN4O2. The van der Waals surface area contributed by atoms with Gasteiger partial charge in [0.1, 0.15) is 16.8 Å². The Kier molecular flexibility index (Phi) is 4.76. The standard InChI is InChI=1S/C24H17ClN4O2/c1-15-7-8-16(13-19(15)25)22-11-12-23(31-22)24(30)26-17-9-10-20-21(14-17)28-29(27-20)18-5-3-2-4-6-18/h2-14H,1H3,(H,26,30). The maximum absolute atomic E-state index is 12.7. The third-order valence-corrected chi connectivity index (χ3v) is 5.32. The minimum Gasteiger partial charge on any atom is -0.451 e. The van der Waals surface area contributed by atoms with E-state index in [9.17, 15) is 4.79 Å². The molecule has 0 unspecified atom stereocenters. The minimum atomic E-state index is -0.348. The minimum absolute atomic E-state index is 0.208. The molecule has 6 nitrogen and oxygen atoms in total. The Hall–Kier alpha value is -3.90. The average Bonchev–Trinajstić information content (AvgIpc) is 3.43. The van der Waals surface area contributed by atoms with Gasteiger partial charge in [0.05, 0.1) is 5.69 Å². The van der Waals surface area contributed by atoms with Gasteiger partial charge in [-0.3, -0.25) is 4.79 Å². The number of halogens is 1. The number of nitrogens with zero attached hydrogens (tertiary/aromatic N) is 3. The van der Waals surface area contributed by atoms with E-state index in [0.29, 0.717) is 22.0 Å². The van der Waals surface area contributed by atoms with Crippen LogP contribution in [0.25, 0.3) is 28.0 Å². The van der Waals surface area contributed by atoms with Crippen molar-refractivity contribution in [2.45, 2.75) is 6.92 Å². The third-order valence-electron chi connectivity index (χ3n) is 4.91. The fourth-order valence-electron chi connectivity index (χ4n) is 3.22. The Labute approximate surface area is 183 Å². The number of carbonyl (C=O) groups excluding carboxylic acids is 1. The number of carbonyl (C=O) groups is 1. The molecule has 0 saturated carbocycles. The lowest BCUT2D eigenvalue weighted by atomic mass is 10.1. The van der Waals surface area contributed by atoms with Crippen LogP contribution in [0.1, 0.15) is 16.1 Å². The molecule has 2 heterocycles. The number of aryl methyl sites for hydroxylation is 1. The molecule has 0 fully saturated rings. The van der Waals surface area contributed by atoms with E-state index >= 15 is 0 Å². The van der Waals surface area contributed by atoms with Crippen molar-refractivity contribution in [2.24, 2.45) is 0 Å². The number of rotatable bonds is 4. The molecule has 0 atom stereocenters. The van der Waals surface area contributed by atoms with Crippen LogP contribution in [-0.4, -0.2) is 20.9 Å². The first kappa shape index (κ1) is 19.1. The van der Waals surface area contributed by atoms with Gasteiger partial charge in [0.2, 0.25) is 0 Å². The molecule has 3 aromatic carbocycles. The summed E-state index contributed by atoms with van der Waals surface area (Å²) >= 11 is 6.20. The Morgan fingerprint density at radius 3 is 2.55 bits per heavy atom. The van der Waals surface area contributed by atoms with E-state index in [0.717, 1.165) is 22.3 Å². The van der Waals surface area contributed by atoms with Crippen LogP contribution in [0.15, 0.2) is 83.3 Å². The zero-order valence-electron chi connectivity index (χ0n) is 16.5. The molecule has 5 aromatic rings. The first-order chi connectivity index (χ1) is 15.1. The molecule has 1 N–H and O–H groups in total. The summed E-state index contributed by atoms with van der Waals surface area (Å²) in [5.74, 6) is 0.437. The Balaban J connectivity index is 1.36. The Morgan fingerprint density at radius 2 is 1.74 bits per heavy atom. The summed E-state index contributed by atoms with van der Waals surface area (Å²) in [5, 5.41) is 12.5. The van der Waals surface area contributed by atoms with E-state index in [-0.39, 0.29) is 11.7 Å². The molecule has 0 radical (unpaired) electrons. The number of para-hydroxylation sites is 1. The van der Waals surface area contributed by atoms with Crippen molar-refractivity contribution in [1.82, 2.24) is 15.0 Å². The number of benzene rings is 3. The molecule has 0 spiro atoms. The van der Waals surface area contributed by atoms with E-state index in [1.807, 2.05) is 61.5 Å². The normalized spacial score (nSPS) is 11.0. The molecule has 31 heavy (non-hydrogen) atoms. The van der Waals surface area contributed by atoms with Crippen LogP contribution < -0.4 is 5.32 Å². The van der Waals surface area contributed by atoms with Crippen molar-refractivity contribution < 1.29 is 9.21 Å². The van der Waals surface area contributed by atoms with Crippen molar-refractivity contribution in [2.75, 3.05) is 5.32 Å².